The quantitative estimate of drug-likeness (QED) is 0.333. The maximum atomic E-state index is 14.2. The molecule has 0 spiro atoms. The fraction of sp³-hybridized carbons (Fsp3) is 0.700. The molecular formula is C30H42O7. The zero-order chi connectivity index (χ0) is 28.1. The minimum atomic E-state index is -1.96. The van der Waals surface area contributed by atoms with Gasteiger partial charge in [-0.25, -0.2) is 0 Å². The summed E-state index contributed by atoms with van der Waals surface area (Å²) in [5.74, 6) is -2.98. The van der Waals surface area contributed by atoms with Gasteiger partial charge in [0, 0.05) is 23.7 Å². The Morgan fingerprint density at radius 3 is 2.22 bits per heavy atom. The minimum absolute atomic E-state index is 0.0453. The van der Waals surface area contributed by atoms with E-state index in [4.69, 9.17) is 0 Å². The highest BCUT2D eigenvalue weighted by Crippen LogP contribution is 2.73. The second-order valence-electron chi connectivity index (χ2n) is 13.9. The van der Waals surface area contributed by atoms with E-state index in [0.29, 0.717) is 12.8 Å². The van der Waals surface area contributed by atoms with Crippen molar-refractivity contribution in [3.05, 3.63) is 35.6 Å². The van der Waals surface area contributed by atoms with E-state index in [1.807, 2.05) is 26.8 Å². The Labute approximate surface area is 219 Å². The third-order valence-electron chi connectivity index (χ3n) is 10.8. The third kappa shape index (κ3) is 3.60. The van der Waals surface area contributed by atoms with Crippen LogP contribution in [0.3, 0.4) is 0 Å². The van der Waals surface area contributed by atoms with Crippen LogP contribution in [-0.4, -0.2) is 55.1 Å². The van der Waals surface area contributed by atoms with Crippen LogP contribution in [0.2, 0.25) is 0 Å². The summed E-state index contributed by atoms with van der Waals surface area (Å²) >= 11 is 0. The van der Waals surface area contributed by atoms with Gasteiger partial charge in [0.05, 0.1) is 17.1 Å². The summed E-state index contributed by atoms with van der Waals surface area (Å²) in [5, 5.41) is 43.6. The SMILES string of the molecule is CC(C)(O)/C=C/C(=O)[C@@](C)(O)[C@@H]1[C@@H](O)C[C@]2(C)[C@@H]3CC=C4[C@H](C=C(O)C(=O)C4(C)C)[C@@]3(C)C(=O)C[C@]12C. The Hall–Kier alpha value is -2.09. The highest BCUT2D eigenvalue weighted by molar-refractivity contribution is 6.02. The molecule has 2 saturated carbocycles. The van der Waals surface area contributed by atoms with Gasteiger partial charge < -0.3 is 20.4 Å². The number of fused-ring (bicyclic) bond motifs is 5. The van der Waals surface area contributed by atoms with Crippen molar-refractivity contribution in [2.24, 2.45) is 39.4 Å². The van der Waals surface area contributed by atoms with E-state index in [1.54, 1.807) is 13.8 Å². The first-order chi connectivity index (χ1) is 16.7. The first kappa shape index (κ1) is 27.9. The number of aliphatic hydroxyl groups excluding tert-OH is 2. The highest BCUT2D eigenvalue weighted by Gasteiger charge is 2.74. The summed E-state index contributed by atoms with van der Waals surface area (Å²) in [6.45, 7) is 13.8. The summed E-state index contributed by atoms with van der Waals surface area (Å²) in [6, 6.07) is 0. The lowest BCUT2D eigenvalue weighted by Crippen LogP contribution is -2.64. The predicted molar refractivity (Wildman–Crippen MR) is 138 cm³/mol. The van der Waals surface area contributed by atoms with E-state index >= 15 is 0 Å². The van der Waals surface area contributed by atoms with E-state index in [2.05, 4.69) is 0 Å². The molecule has 4 aliphatic carbocycles. The summed E-state index contributed by atoms with van der Waals surface area (Å²) in [6.07, 6.45) is 5.85. The van der Waals surface area contributed by atoms with Gasteiger partial charge in [0.25, 0.3) is 0 Å². The van der Waals surface area contributed by atoms with E-state index < -0.39 is 56.6 Å². The van der Waals surface area contributed by atoms with Crippen LogP contribution in [0, 0.1) is 39.4 Å². The molecule has 4 N–H and O–H groups in total. The van der Waals surface area contributed by atoms with Crippen LogP contribution in [0.5, 0.6) is 0 Å². The van der Waals surface area contributed by atoms with Crippen molar-refractivity contribution < 1.29 is 34.8 Å². The molecule has 0 aliphatic heterocycles. The molecule has 0 amide bonds. The molecule has 0 unspecified atom stereocenters. The summed E-state index contributed by atoms with van der Waals surface area (Å²) in [7, 11) is 0. The highest BCUT2D eigenvalue weighted by atomic mass is 16.3. The normalized spacial score (nSPS) is 42.9. The van der Waals surface area contributed by atoms with Gasteiger partial charge in [0.1, 0.15) is 11.4 Å². The van der Waals surface area contributed by atoms with Crippen LogP contribution in [-0.2, 0) is 14.4 Å². The number of hydrogen-bond donors (Lipinski definition) is 4. The first-order valence-corrected chi connectivity index (χ1v) is 13.2. The molecule has 7 heteroatoms. The van der Waals surface area contributed by atoms with Gasteiger partial charge in [-0.15, -0.1) is 0 Å². The topological polar surface area (TPSA) is 132 Å². The molecule has 0 heterocycles. The Bertz CT molecular complexity index is 1150. The van der Waals surface area contributed by atoms with Gasteiger partial charge in [-0.1, -0.05) is 38.5 Å². The van der Waals surface area contributed by atoms with Crippen LogP contribution in [0.25, 0.3) is 0 Å². The maximum Gasteiger partial charge on any atom is 0.206 e. The fourth-order valence-electron chi connectivity index (χ4n) is 8.58. The number of hydrogen-bond acceptors (Lipinski definition) is 7. The zero-order valence-electron chi connectivity index (χ0n) is 23.3. The maximum absolute atomic E-state index is 14.2. The Morgan fingerprint density at radius 2 is 1.65 bits per heavy atom. The number of aliphatic hydroxyl groups is 4. The van der Waals surface area contributed by atoms with E-state index in [0.717, 1.165) is 11.6 Å². The molecule has 2 fully saturated rings. The van der Waals surface area contributed by atoms with Crippen LogP contribution in [0.4, 0.5) is 0 Å². The fourth-order valence-corrected chi connectivity index (χ4v) is 8.58. The second-order valence-corrected chi connectivity index (χ2v) is 13.9. The van der Waals surface area contributed by atoms with Crippen molar-refractivity contribution in [1.82, 2.24) is 0 Å². The largest absolute Gasteiger partial charge is 0.505 e. The Morgan fingerprint density at radius 1 is 1.05 bits per heavy atom. The monoisotopic (exact) mass is 514 g/mol. The molecule has 0 bridgehead atoms. The van der Waals surface area contributed by atoms with Crippen LogP contribution >= 0.6 is 0 Å². The van der Waals surface area contributed by atoms with Gasteiger partial charge in [0.15, 0.2) is 11.5 Å². The van der Waals surface area contributed by atoms with Gasteiger partial charge >= 0.3 is 0 Å². The number of Topliss-reactive ketones (excluding diaryl/α,β-unsaturated/α-hetero) is 2. The molecular weight excluding hydrogens is 472 g/mol. The van der Waals surface area contributed by atoms with E-state index in [9.17, 15) is 34.8 Å². The van der Waals surface area contributed by atoms with Gasteiger partial charge in [0.2, 0.25) is 5.78 Å². The molecule has 0 aromatic heterocycles. The first-order valence-electron chi connectivity index (χ1n) is 13.2. The van der Waals surface area contributed by atoms with E-state index in [-0.39, 0.29) is 29.7 Å². The lowest BCUT2D eigenvalue weighted by atomic mass is 9.39. The minimum Gasteiger partial charge on any atom is -0.505 e. The van der Waals surface area contributed by atoms with Crippen molar-refractivity contribution in [3.8, 4) is 0 Å². The average Bonchev–Trinajstić information content (AvgIpc) is 2.96. The van der Waals surface area contributed by atoms with Crippen molar-refractivity contribution in [1.29, 1.82) is 0 Å². The number of ketones is 3. The molecule has 37 heavy (non-hydrogen) atoms. The smallest absolute Gasteiger partial charge is 0.206 e. The Kier molecular flexibility index (Phi) is 6.01. The number of carbonyl (C=O) groups excluding carboxylic acids is 3. The van der Waals surface area contributed by atoms with Crippen molar-refractivity contribution in [3.63, 3.8) is 0 Å². The predicted octanol–water partition coefficient (Wildman–Crippen LogP) is 3.62. The zero-order valence-corrected chi connectivity index (χ0v) is 23.3. The third-order valence-corrected chi connectivity index (χ3v) is 10.8. The standard InChI is InChI=1S/C30H42O7/c1-25(2,36)12-11-21(33)30(8,37)23-19(32)14-27(5)20-10-9-16-17(13-18(31)24(35)26(16,3)4)29(20,7)22(34)15-28(23,27)6/h9,11-13,17,19-20,23,31-32,36-37H,10,14-15H2,1-8H3/b12-11+/t17-,19-,20-,23+,27+,28+,29+,30+/m0/s1. The van der Waals surface area contributed by atoms with Crippen molar-refractivity contribution in [2.75, 3.05) is 0 Å². The van der Waals surface area contributed by atoms with Crippen molar-refractivity contribution in [2.45, 2.75) is 92.0 Å². The Balaban J connectivity index is 1.82. The summed E-state index contributed by atoms with van der Waals surface area (Å²) < 4.78 is 0. The van der Waals surface area contributed by atoms with Gasteiger partial charge in [-0.3, -0.25) is 14.4 Å². The molecule has 0 radical (unpaired) electrons. The molecule has 0 saturated heterocycles. The average molecular weight is 515 g/mol. The molecule has 0 aromatic carbocycles. The number of allylic oxidation sites excluding steroid dienone is 4. The molecule has 7 nitrogen and oxygen atoms in total. The lowest BCUT2D eigenvalue weighted by molar-refractivity contribution is -0.179. The van der Waals surface area contributed by atoms with E-state index in [1.165, 1.54) is 32.9 Å². The molecule has 204 valence electrons. The van der Waals surface area contributed by atoms with Crippen LogP contribution in [0.1, 0.15) is 74.7 Å². The van der Waals surface area contributed by atoms with Gasteiger partial charge in [-0.05, 0) is 76.4 Å². The van der Waals surface area contributed by atoms with Crippen LogP contribution in [0.15, 0.2) is 35.6 Å². The molecule has 0 aromatic rings. The number of rotatable bonds is 4. The molecule has 4 rings (SSSR count). The summed E-state index contributed by atoms with van der Waals surface area (Å²) in [4.78, 5) is 40.1. The van der Waals surface area contributed by atoms with Crippen LogP contribution < -0.4 is 0 Å². The molecule has 8 atom stereocenters. The number of carbonyl (C=O) groups is 3. The lowest BCUT2D eigenvalue weighted by Gasteiger charge is -2.63. The second kappa shape index (κ2) is 7.96. The molecule has 4 aliphatic rings. The summed E-state index contributed by atoms with van der Waals surface area (Å²) in [5.41, 5.74) is -5.75. The van der Waals surface area contributed by atoms with Gasteiger partial charge in [-0.2, -0.15) is 0 Å². The van der Waals surface area contributed by atoms with Crippen molar-refractivity contribution >= 4 is 17.3 Å².